The van der Waals surface area contributed by atoms with E-state index in [-0.39, 0.29) is 12.2 Å². The normalized spacial score (nSPS) is 27.5. The molecule has 1 fully saturated rings. The van der Waals surface area contributed by atoms with Crippen molar-refractivity contribution in [3.8, 4) is 0 Å². The Morgan fingerprint density at radius 2 is 0.833 bits per heavy atom. The van der Waals surface area contributed by atoms with Gasteiger partial charge in [0.25, 0.3) is 0 Å². The Morgan fingerprint density at radius 3 is 1.00 bits per heavy atom. The Hall–Kier alpha value is -0.160. The third kappa shape index (κ3) is 7.94. The third-order valence-electron chi connectivity index (χ3n) is 1.67. The second-order valence-corrected chi connectivity index (χ2v) is 2.46. The lowest BCUT2D eigenvalue weighted by atomic mass is 9.95. The maximum absolute atomic E-state index is 8.92. The summed E-state index contributed by atoms with van der Waals surface area (Å²) in [6, 6.07) is 0. The predicted molar refractivity (Wildman–Crippen MR) is 46.8 cm³/mol. The molecule has 1 rings (SSSR count). The lowest BCUT2D eigenvalue weighted by Gasteiger charge is -2.20. The minimum atomic E-state index is -0.140. The van der Waals surface area contributed by atoms with Crippen LogP contribution in [0.5, 0.6) is 0 Å². The molecule has 0 amide bonds. The molecule has 0 saturated heterocycles. The maximum atomic E-state index is 8.92. The van der Waals surface area contributed by atoms with Gasteiger partial charge in [-0.15, -0.1) is 0 Å². The first-order valence-electron chi connectivity index (χ1n) is 4.04. The van der Waals surface area contributed by atoms with E-state index >= 15 is 0 Å². The van der Waals surface area contributed by atoms with E-state index in [1.54, 1.807) is 0 Å². The molecule has 0 radical (unpaired) electrons. The summed E-state index contributed by atoms with van der Waals surface area (Å²) in [5.74, 6) is 0. The van der Waals surface area contributed by atoms with E-state index in [0.29, 0.717) is 0 Å². The van der Waals surface area contributed by atoms with Crippen molar-refractivity contribution < 1.29 is 20.4 Å². The van der Waals surface area contributed by atoms with Gasteiger partial charge in [-0.2, -0.15) is 0 Å². The zero-order chi connectivity index (χ0) is 9.98. The van der Waals surface area contributed by atoms with E-state index < -0.39 is 0 Å². The fourth-order valence-corrected chi connectivity index (χ4v) is 1.06. The highest BCUT2D eigenvalue weighted by Gasteiger charge is 2.15. The summed E-state index contributed by atoms with van der Waals surface area (Å²) in [6.45, 7) is 0. The molecule has 0 unspecified atom stereocenters. The predicted octanol–water partition coefficient (Wildman–Crippen LogP) is -0.501. The molecule has 0 aromatic carbocycles. The Kier molecular flexibility index (Phi) is 13.0. The van der Waals surface area contributed by atoms with Gasteiger partial charge in [-0.05, 0) is 25.7 Å². The number of rotatable bonds is 0. The van der Waals surface area contributed by atoms with Crippen LogP contribution in [-0.4, -0.2) is 46.9 Å². The molecule has 0 heterocycles. The molecule has 0 bridgehead atoms. The van der Waals surface area contributed by atoms with Gasteiger partial charge in [0.15, 0.2) is 0 Å². The second-order valence-electron chi connectivity index (χ2n) is 2.46. The van der Waals surface area contributed by atoms with E-state index in [1.807, 2.05) is 0 Å². The molecular weight excluding hydrogens is 160 g/mol. The van der Waals surface area contributed by atoms with Crippen molar-refractivity contribution in [1.82, 2.24) is 0 Å². The Labute approximate surface area is 73.5 Å². The molecule has 0 aromatic heterocycles. The van der Waals surface area contributed by atoms with E-state index in [2.05, 4.69) is 0 Å². The number of aliphatic hydroxyl groups is 4. The van der Waals surface area contributed by atoms with Crippen molar-refractivity contribution in [2.45, 2.75) is 37.9 Å². The van der Waals surface area contributed by atoms with Crippen molar-refractivity contribution >= 4 is 0 Å². The third-order valence-corrected chi connectivity index (χ3v) is 1.67. The van der Waals surface area contributed by atoms with Crippen LogP contribution >= 0.6 is 0 Å². The Balaban J connectivity index is 0. The lowest BCUT2D eigenvalue weighted by molar-refractivity contribution is 0.0541. The highest BCUT2D eigenvalue weighted by atomic mass is 16.3. The quantitative estimate of drug-likeness (QED) is 0.405. The zero-order valence-corrected chi connectivity index (χ0v) is 7.77. The SMILES string of the molecule is CO.CO.OC1CCC(O)CC1. The second kappa shape index (κ2) is 10.8. The van der Waals surface area contributed by atoms with Crippen LogP contribution in [0.4, 0.5) is 0 Å². The number of aliphatic hydroxyl groups excluding tert-OH is 4. The topological polar surface area (TPSA) is 80.9 Å². The monoisotopic (exact) mass is 180 g/mol. The van der Waals surface area contributed by atoms with Gasteiger partial charge >= 0.3 is 0 Å². The molecule has 12 heavy (non-hydrogen) atoms. The minimum Gasteiger partial charge on any atom is -0.400 e. The van der Waals surface area contributed by atoms with Crippen LogP contribution < -0.4 is 0 Å². The summed E-state index contributed by atoms with van der Waals surface area (Å²) in [5.41, 5.74) is 0. The van der Waals surface area contributed by atoms with Crippen LogP contribution in [0.2, 0.25) is 0 Å². The van der Waals surface area contributed by atoms with Crippen LogP contribution in [0.15, 0.2) is 0 Å². The Morgan fingerprint density at radius 1 is 0.667 bits per heavy atom. The van der Waals surface area contributed by atoms with Crippen LogP contribution in [0.25, 0.3) is 0 Å². The highest BCUT2D eigenvalue weighted by molar-refractivity contribution is 4.69. The molecule has 1 aliphatic carbocycles. The first-order chi connectivity index (χ1) is 5.79. The molecule has 1 aliphatic rings. The van der Waals surface area contributed by atoms with Crippen molar-refractivity contribution in [2.75, 3.05) is 14.2 Å². The maximum Gasteiger partial charge on any atom is 0.0542 e. The van der Waals surface area contributed by atoms with Gasteiger partial charge in [0.2, 0.25) is 0 Å². The molecule has 4 N–H and O–H groups in total. The van der Waals surface area contributed by atoms with Gasteiger partial charge in [-0.25, -0.2) is 0 Å². The van der Waals surface area contributed by atoms with Crippen LogP contribution in [0.3, 0.4) is 0 Å². The van der Waals surface area contributed by atoms with Crippen molar-refractivity contribution in [2.24, 2.45) is 0 Å². The smallest absolute Gasteiger partial charge is 0.0542 e. The molecule has 0 atom stereocenters. The first-order valence-corrected chi connectivity index (χ1v) is 4.04. The molecule has 0 aromatic rings. The molecule has 4 nitrogen and oxygen atoms in total. The van der Waals surface area contributed by atoms with Crippen molar-refractivity contribution in [3.63, 3.8) is 0 Å². The fraction of sp³-hybridized carbons (Fsp3) is 1.00. The van der Waals surface area contributed by atoms with Gasteiger partial charge in [0, 0.05) is 14.2 Å². The Bertz CT molecular complexity index is 59.5. The van der Waals surface area contributed by atoms with Crippen LogP contribution in [-0.2, 0) is 0 Å². The summed E-state index contributed by atoms with van der Waals surface area (Å²) in [5, 5.41) is 31.8. The van der Waals surface area contributed by atoms with Crippen LogP contribution in [0.1, 0.15) is 25.7 Å². The largest absolute Gasteiger partial charge is 0.400 e. The fourth-order valence-electron chi connectivity index (χ4n) is 1.06. The molecule has 0 aliphatic heterocycles. The van der Waals surface area contributed by atoms with Gasteiger partial charge in [0.1, 0.15) is 0 Å². The first kappa shape index (κ1) is 14.4. The van der Waals surface area contributed by atoms with Crippen molar-refractivity contribution in [3.05, 3.63) is 0 Å². The van der Waals surface area contributed by atoms with E-state index in [0.717, 1.165) is 39.9 Å². The van der Waals surface area contributed by atoms with E-state index in [4.69, 9.17) is 20.4 Å². The highest BCUT2D eigenvalue weighted by Crippen LogP contribution is 2.17. The molecule has 1 saturated carbocycles. The summed E-state index contributed by atoms with van der Waals surface area (Å²) in [6.07, 6.45) is 2.83. The zero-order valence-electron chi connectivity index (χ0n) is 7.77. The van der Waals surface area contributed by atoms with Gasteiger partial charge in [-0.3, -0.25) is 0 Å². The van der Waals surface area contributed by atoms with Crippen LogP contribution in [0, 0.1) is 0 Å². The van der Waals surface area contributed by atoms with Gasteiger partial charge in [-0.1, -0.05) is 0 Å². The number of hydrogen-bond donors (Lipinski definition) is 4. The lowest BCUT2D eigenvalue weighted by Crippen LogP contribution is -2.21. The summed E-state index contributed by atoms with van der Waals surface area (Å²) in [7, 11) is 2.00. The average Bonchev–Trinajstić information content (AvgIpc) is 2.17. The molecule has 4 heteroatoms. The summed E-state index contributed by atoms with van der Waals surface area (Å²) < 4.78 is 0. The molecule has 76 valence electrons. The van der Waals surface area contributed by atoms with E-state index in [1.165, 1.54) is 0 Å². The number of hydrogen-bond acceptors (Lipinski definition) is 4. The summed E-state index contributed by atoms with van der Waals surface area (Å²) in [4.78, 5) is 0. The average molecular weight is 180 g/mol. The van der Waals surface area contributed by atoms with Gasteiger partial charge < -0.3 is 20.4 Å². The minimum absolute atomic E-state index is 0.140. The van der Waals surface area contributed by atoms with Gasteiger partial charge in [0.05, 0.1) is 12.2 Å². The standard InChI is InChI=1S/C6H12O2.2CH4O/c7-5-1-2-6(8)4-3-5;2*1-2/h5-8H,1-4H2;2*2H,1H3. The molecule has 0 spiro atoms. The molecular formula is C8H20O4. The summed E-state index contributed by atoms with van der Waals surface area (Å²) >= 11 is 0. The van der Waals surface area contributed by atoms with E-state index in [9.17, 15) is 0 Å². The van der Waals surface area contributed by atoms with Crippen molar-refractivity contribution in [1.29, 1.82) is 0 Å².